The number of hydrogen-bond acceptors (Lipinski definition) is 3. The third-order valence-corrected chi connectivity index (χ3v) is 2.37. The van der Waals surface area contributed by atoms with Gasteiger partial charge in [-0.05, 0) is 6.07 Å². The number of amides is 2. The second kappa shape index (κ2) is 4.06. The van der Waals surface area contributed by atoms with Gasteiger partial charge in [0.1, 0.15) is 11.8 Å². The van der Waals surface area contributed by atoms with Gasteiger partial charge in [0.05, 0.1) is 11.6 Å². The molecule has 2 rings (SSSR count). The molecule has 0 aliphatic carbocycles. The van der Waals surface area contributed by atoms with Crippen LogP contribution in [-0.2, 0) is 4.79 Å². The molecule has 1 aromatic heterocycles. The average Bonchev–Trinajstić information content (AvgIpc) is 2.87. The smallest absolute Gasteiger partial charge is 0.268 e. The molecule has 2 amide bonds. The van der Waals surface area contributed by atoms with Gasteiger partial charge in [0.2, 0.25) is 5.91 Å². The number of H-pyrrole nitrogens is 1. The maximum absolute atomic E-state index is 11.6. The van der Waals surface area contributed by atoms with E-state index in [1.165, 1.54) is 12.3 Å². The van der Waals surface area contributed by atoms with Gasteiger partial charge in [0.25, 0.3) is 5.91 Å². The zero-order valence-electron chi connectivity index (χ0n) is 8.41. The first kappa shape index (κ1) is 10.2. The molecule has 1 saturated heterocycles. The molecule has 1 aromatic rings. The highest BCUT2D eigenvalue weighted by molar-refractivity contribution is 5.93. The molecule has 16 heavy (non-hydrogen) atoms. The molecule has 0 bridgehead atoms. The second-order valence-corrected chi connectivity index (χ2v) is 3.59. The van der Waals surface area contributed by atoms with Crippen molar-refractivity contribution in [1.29, 1.82) is 5.26 Å². The van der Waals surface area contributed by atoms with Crippen LogP contribution in [0.2, 0.25) is 0 Å². The zero-order chi connectivity index (χ0) is 11.5. The minimum atomic E-state index is -0.303. The van der Waals surface area contributed by atoms with Crippen LogP contribution in [0.5, 0.6) is 0 Å². The Morgan fingerprint density at radius 1 is 1.62 bits per heavy atom. The van der Waals surface area contributed by atoms with Crippen LogP contribution in [0.25, 0.3) is 0 Å². The van der Waals surface area contributed by atoms with Crippen LogP contribution in [0.4, 0.5) is 0 Å². The highest BCUT2D eigenvalue weighted by Gasteiger charge is 2.23. The van der Waals surface area contributed by atoms with Crippen molar-refractivity contribution in [2.75, 3.05) is 6.54 Å². The summed E-state index contributed by atoms with van der Waals surface area (Å²) in [6, 6.07) is 3.22. The molecule has 0 radical (unpaired) electrons. The van der Waals surface area contributed by atoms with E-state index in [9.17, 15) is 9.59 Å². The van der Waals surface area contributed by atoms with Crippen LogP contribution in [0.1, 0.15) is 22.5 Å². The minimum Gasteiger partial charge on any atom is -0.356 e. The molecule has 0 saturated carbocycles. The minimum absolute atomic E-state index is 0.0606. The Labute approximate surface area is 91.6 Å². The third kappa shape index (κ3) is 2.03. The van der Waals surface area contributed by atoms with E-state index in [0.717, 1.165) is 0 Å². The SMILES string of the molecule is N#Cc1c[nH]c(C(=O)NC2CNC(=O)C2)c1. The van der Waals surface area contributed by atoms with Gasteiger partial charge in [0, 0.05) is 19.2 Å². The number of rotatable bonds is 2. The molecular formula is C10H10N4O2. The van der Waals surface area contributed by atoms with Gasteiger partial charge in [-0.3, -0.25) is 9.59 Å². The van der Waals surface area contributed by atoms with Gasteiger partial charge in [-0.15, -0.1) is 0 Å². The average molecular weight is 218 g/mol. The largest absolute Gasteiger partial charge is 0.356 e. The molecule has 0 aromatic carbocycles. The monoisotopic (exact) mass is 218 g/mol. The van der Waals surface area contributed by atoms with Crippen molar-refractivity contribution < 1.29 is 9.59 Å². The highest BCUT2D eigenvalue weighted by atomic mass is 16.2. The van der Waals surface area contributed by atoms with Crippen LogP contribution in [-0.4, -0.2) is 29.4 Å². The van der Waals surface area contributed by atoms with Crippen LogP contribution < -0.4 is 10.6 Å². The molecular weight excluding hydrogens is 208 g/mol. The molecule has 1 fully saturated rings. The van der Waals surface area contributed by atoms with E-state index in [0.29, 0.717) is 24.2 Å². The molecule has 2 heterocycles. The van der Waals surface area contributed by atoms with E-state index >= 15 is 0 Å². The Morgan fingerprint density at radius 3 is 3.00 bits per heavy atom. The Kier molecular flexibility index (Phi) is 2.60. The Hall–Kier alpha value is -2.29. The molecule has 6 nitrogen and oxygen atoms in total. The normalized spacial score (nSPS) is 18.9. The van der Waals surface area contributed by atoms with Crippen molar-refractivity contribution in [2.45, 2.75) is 12.5 Å². The first-order chi connectivity index (χ1) is 7.69. The lowest BCUT2D eigenvalue weighted by atomic mass is 10.2. The number of nitriles is 1. The predicted octanol–water partition coefficient (Wildman–Crippen LogP) is -0.495. The van der Waals surface area contributed by atoms with E-state index in [1.807, 2.05) is 6.07 Å². The quantitative estimate of drug-likeness (QED) is 0.624. The Balaban J connectivity index is 1.98. The number of hydrogen-bond donors (Lipinski definition) is 3. The van der Waals surface area contributed by atoms with Crippen molar-refractivity contribution in [2.24, 2.45) is 0 Å². The lowest BCUT2D eigenvalue weighted by Gasteiger charge is -2.08. The molecule has 1 aliphatic heterocycles. The van der Waals surface area contributed by atoms with Crippen molar-refractivity contribution in [3.63, 3.8) is 0 Å². The molecule has 6 heteroatoms. The van der Waals surface area contributed by atoms with Crippen LogP contribution >= 0.6 is 0 Å². The molecule has 1 atom stereocenters. The Bertz CT molecular complexity index is 471. The van der Waals surface area contributed by atoms with E-state index in [1.54, 1.807) is 0 Å². The van der Waals surface area contributed by atoms with E-state index in [-0.39, 0.29) is 17.9 Å². The molecule has 1 unspecified atom stereocenters. The second-order valence-electron chi connectivity index (χ2n) is 3.59. The van der Waals surface area contributed by atoms with Crippen LogP contribution in [0.15, 0.2) is 12.3 Å². The summed E-state index contributed by atoms with van der Waals surface area (Å²) in [5.74, 6) is -0.363. The summed E-state index contributed by atoms with van der Waals surface area (Å²) < 4.78 is 0. The van der Waals surface area contributed by atoms with Crippen molar-refractivity contribution in [3.8, 4) is 6.07 Å². The number of carbonyl (C=O) groups excluding carboxylic acids is 2. The van der Waals surface area contributed by atoms with Gasteiger partial charge < -0.3 is 15.6 Å². The maximum atomic E-state index is 11.6. The topological polar surface area (TPSA) is 97.8 Å². The fraction of sp³-hybridized carbons (Fsp3) is 0.300. The van der Waals surface area contributed by atoms with Crippen molar-refractivity contribution >= 4 is 11.8 Å². The lowest BCUT2D eigenvalue weighted by Crippen LogP contribution is -2.36. The molecule has 3 N–H and O–H groups in total. The number of nitrogens with one attached hydrogen (secondary N) is 3. The van der Waals surface area contributed by atoms with Gasteiger partial charge in [-0.1, -0.05) is 0 Å². The lowest BCUT2D eigenvalue weighted by molar-refractivity contribution is -0.119. The molecule has 1 aliphatic rings. The summed E-state index contributed by atoms with van der Waals surface area (Å²) in [7, 11) is 0. The van der Waals surface area contributed by atoms with Crippen molar-refractivity contribution in [1.82, 2.24) is 15.6 Å². The van der Waals surface area contributed by atoms with Gasteiger partial charge in [-0.25, -0.2) is 0 Å². The predicted molar refractivity (Wildman–Crippen MR) is 54.4 cm³/mol. The fourth-order valence-electron chi connectivity index (χ4n) is 1.56. The summed E-state index contributed by atoms with van der Waals surface area (Å²) in [4.78, 5) is 25.3. The first-order valence-electron chi connectivity index (χ1n) is 4.85. The summed E-state index contributed by atoms with van der Waals surface area (Å²) in [6.45, 7) is 0.455. The van der Waals surface area contributed by atoms with Crippen LogP contribution in [0, 0.1) is 11.3 Å². The van der Waals surface area contributed by atoms with Gasteiger partial charge >= 0.3 is 0 Å². The number of aromatic amines is 1. The summed E-state index contributed by atoms with van der Waals surface area (Å²) in [5.41, 5.74) is 0.738. The first-order valence-corrected chi connectivity index (χ1v) is 4.85. The molecule has 82 valence electrons. The molecule has 0 spiro atoms. The zero-order valence-corrected chi connectivity index (χ0v) is 8.41. The number of aromatic nitrogens is 1. The Morgan fingerprint density at radius 2 is 2.44 bits per heavy atom. The summed E-state index contributed by atoms with van der Waals surface area (Å²) >= 11 is 0. The number of carbonyl (C=O) groups is 2. The maximum Gasteiger partial charge on any atom is 0.268 e. The van der Waals surface area contributed by atoms with Gasteiger partial charge in [-0.2, -0.15) is 5.26 Å². The van der Waals surface area contributed by atoms with E-state index < -0.39 is 0 Å². The van der Waals surface area contributed by atoms with Crippen molar-refractivity contribution in [3.05, 3.63) is 23.5 Å². The summed E-state index contributed by atoms with van der Waals surface area (Å²) in [5, 5.41) is 13.9. The van der Waals surface area contributed by atoms with E-state index in [4.69, 9.17) is 5.26 Å². The fourth-order valence-corrected chi connectivity index (χ4v) is 1.56. The van der Waals surface area contributed by atoms with Gasteiger partial charge in [0.15, 0.2) is 0 Å². The van der Waals surface area contributed by atoms with Crippen LogP contribution in [0.3, 0.4) is 0 Å². The van der Waals surface area contributed by atoms with E-state index in [2.05, 4.69) is 15.6 Å². The third-order valence-electron chi connectivity index (χ3n) is 2.37. The summed E-state index contributed by atoms with van der Waals surface area (Å²) in [6.07, 6.45) is 1.77. The highest BCUT2D eigenvalue weighted by Crippen LogP contribution is 2.04. The standard InChI is InChI=1S/C10H10N4O2/c11-3-6-1-8(12-4-6)10(16)14-7-2-9(15)13-5-7/h1,4,7,12H,2,5H2,(H,13,15)(H,14,16). The number of nitrogens with zero attached hydrogens (tertiary/aromatic N) is 1.